The lowest BCUT2D eigenvalue weighted by Gasteiger charge is -2.26. The van der Waals surface area contributed by atoms with Crippen LogP contribution >= 0.6 is 11.3 Å². The maximum atomic E-state index is 12.0. The lowest BCUT2D eigenvalue weighted by molar-refractivity contribution is -0.120. The Kier molecular flexibility index (Phi) is 6.15. The smallest absolute Gasteiger partial charge is 0.293 e. The molecule has 0 atom stereocenters. The molecular weight excluding hydrogens is 344 g/mol. The van der Waals surface area contributed by atoms with Gasteiger partial charge in [-0.15, -0.1) is 11.3 Å². The maximum absolute atomic E-state index is 12.0. The molecule has 9 heteroatoms. The Bertz CT molecular complexity index is 695. The van der Waals surface area contributed by atoms with Gasteiger partial charge in [0.15, 0.2) is 10.9 Å². The molecule has 3 heterocycles. The lowest BCUT2D eigenvalue weighted by atomic mass is 10.3. The van der Waals surface area contributed by atoms with Crippen molar-refractivity contribution in [3.05, 3.63) is 35.2 Å². The van der Waals surface area contributed by atoms with Crippen LogP contribution in [0.3, 0.4) is 0 Å². The third kappa shape index (κ3) is 5.38. The second-order valence-electron chi connectivity index (χ2n) is 5.56. The number of thiazole rings is 1. The minimum Gasteiger partial charge on any atom is -0.459 e. The number of aromatic nitrogens is 1. The van der Waals surface area contributed by atoms with Gasteiger partial charge in [-0.3, -0.25) is 19.8 Å². The molecule has 0 aromatic carbocycles. The fourth-order valence-electron chi connectivity index (χ4n) is 2.42. The van der Waals surface area contributed by atoms with E-state index in [1.54, 1.807) is 17.5 Å². The number of carbonyl (C=O) groups is 2. The molecule has 1 aliphatic rings. The molecule has 134 valence electrons. The van der Waals surface area contributed by atoms with Crippen molar-refractivity contribution in [1.29, 1.82) is 0 Å². The molecule has 0 bridgehead atoms. The van der Waals surface area contributed by atoms with E-state index in [-0.39, 0.29) is 24.0 Å². The van der Waals surface area contributed by atoms with Gasteiger partial charge in [-0.05, 0) is 12.1 Å². The lowest BCUT2D eigenvalue weighted by Crippen LogP contribution is -2.41. The van der Waals surface area contributed by atoms with Gasteiger partial charge in [-0.25, -0.2) is 4.98 Å². The standard InChI is InChI=1S/C16H20N4O4S/c21-14(17-3-4-20-5-8-23-9-6-20)10-12-11-25-16(18-12)19-15(22)13-2-1-7-24-13/h1-2,7,11H,3-6,8-10H2,(H,17,21)(H,18,19,22). The molecule has 25 heavy (non-hydrogen) atoms. The van der Waals surface area contributed by atoms with Crippen LogP contribution in [0.1, 0.15) is 16.2 Å². The van der Waals surface area contributed by atoms with E-state index in [0.717, 1.165) is 32.8 Å². The van der Waals surface area contributed by atoms with Gasteiger partial charge in [0, 0.05) is 31.6 Å². The highest BCUT2D eigenvalue weighted by Gasteiger charge is 2.13. The molecule has 8 nitrogen and oxygen atoms in total. The molecule has 0 unspecified atom stereocenters. The Labute approximate surface area is 149 Å². The predicted molar refractivity (Wildman–Crippen MR) is 92.7 cm³/mol. The summed E-state index contributed by atoms with van der Waals surface area (Å²) in [7, 11) is 0. The van der Waals surface area contributed by atoms with Gasteiger partial charge in [-0.2, -0.15) is 0 Å². The minimum atomic E-state index is -0.360. The highest BCUT2D eigenvalue weighted by atomic mass is 32.1. The summed E-state index contributed by atoms with van der Waals surface area (Å²) in [6.45, 7) is 4.72. The van der Waals surface area contributed by atoms with Crippen molar-refractivity contribution in [2.75, 3.05) is 44.7 Å². The van der Waals surface area contributed by atoms with Gasteiger partial charge >= 0.3 is 0 Å². The summed E-state index contributed by atoms with van der Waals surface area (Å²) in [5.74, 6) is -0.221. The SMILES string of the molecule is O=C(Cc1csc(NC(=O)c2ccco2)n1)NCCN1CCOCC1. The zero-order valence-corrected chi connectivity index (χ0v) is 14.5. The fraction of sp³-hybridized carbons (Fsp3) is 0.438. The van der Waals surface area contributed by atoms with Crippen LogP contribution in [0, 0.1) is 0 Å². The molecule has 2 aromatic rings. The van der Waals surface area contributed by atoms with Gasteiger partial charge in [0.25, 0.3) is 5.91 Å². The second kappa shape index (κ2) is 8.75. The topological polar surface area (TPSA) is 96.7 Å². The number of carbonyl (C=O) groups excluding carboxylic acids is 2. The summed E-state index contributed by atoms with van der Waals surface area (Å²) >= 11 is 1.28. The van der Waals surface area contributed by atoms with Crippen LogP contribution in [0.2, 0.25) is 0 Å². The molecule has 2 aromatic heterocycles. The molecule has 0 aliphatic carbocycles. The number of rotatable bonds is 7. The number of morpholine rings is 1. The quantitative estimate of drug-likeness (QED) is 0.760. The molecule has 2 N–H and O–H groups in total. The van der Waals surface area contributed by atoms with E-state index in [9.17, 15) is 9.59 Å². The van der Waals surface area contributed by atoms with Crippen LogP contribution in [0.15, 0.2) is 28.2 Å². The van der Waals surface area contributed by atoms with Gasteiger partial charge in [0.05, 0.1) is 31.6 Å². The third-order valence-electron chi connectivity index (χ3n) is 3.71. The molecule has 0 spiro atoms. The van der Waals surface area contributed by atoms with E-state index in [2.05, 4.69) is 20.5 Å². The van der Waals surface area contributed by atoms with Gasteiger partial charge in [-0.1, -0.05) is 0 Å². The monoisotopic (exact) mass is 364 g/mol. The number of nitrogens with one attached hydrogen (secondary N) is 2. The van der Waals surface area contributed by atoms with Crippen molar-refractivity contribution in [2.45, 2.75) is 6.42 Å². The fourth-order valence-corrected chi connectivity index (χ4v) is 3.12. The molecule has 1 fully saturated rings. The van der Waals surface area contributed by atoms with Crippen molar-refractivity contribution in [3.8, 4) is 0 Å². The Morgan fingerprint density at radius 1 is 1.32 bits per heavy atom. The summed E-state index contributed by atoms with van der Waals surface area (Å²) in [5.41, 5.74) is 0.628. The van der Waals surface area contributed by atoms with Crippen molar-refractivity contribution in [1.82, 2.24) is 15.2 Å². The largest absolute Gasteiger partial charge is 0.459 e. The van der Waals surface area contributed by atoms with E-state index in [4.69, 9.17) is 9.15 Å². The van der Waals surface area contributed by atoms with Crippen LogP contribution < -0.4 is 10.6 Å². The van der Waals surface area contributed by atoms with Gasteiger partial charge < -0.3 is 14.5 Å². The number of nitrogens with zero attached hydrogens (tertiary/aromatic N) is 2. The molecular formula is C16H20N4O4S. The summed E-state index contributed by atoms with van der Waals surface area (Å²) < 4.78 is 10.3. The second-order valence-corrected chi connectivity index (χ2v) is 6.41. The number of hydrogen-bond acceptors (Lipinski definition) is 7. The average molecular weight is 364 g/mol. The van der Waals surface area contributed by atoms with Crippen LogP contribution in [0.25, 0.3) is 0 Å². The Morgan fingerprint density at radius 3 is 2.92 bits per heavy atom. The predicted octanol–water partition coefficient (Wildman–Crippen LogP) is 0.979. The number of ether oxygens (including phenoxy) is 1. The number of anilines is 1. The summed E-state index contributed by atoms with van der Waals surface area (Å²) in [4.78, 5) is 30.4. The van der Waals surface area contributed by atoms with Crippen LogP contribution in [0.5, 0.6) is 0 Å². The Balaban J connectivity index is 1.39. The molecule has 3 rings (SSSR count). The van der Waals surface area contributed by atoms with E-state index in [1.807, 2.05) is 0 Å². The minimum absolute atomic E-state index is 0.0810. The average Bonchev–Trinajstić information content (AvgIpc) is 3.28. The first-order valence-corrected chi connectivity index (χ1v) is 8.95. The van der Waals surface area contributed by atoms with Gasteiger partial charge in [0.2, 0.25) is 5.91 Å². The number of amides is 2. The Morgan fingerprint density at radius 2 is 2.16 bits per heavy atom. The third-order valence-corrected chi connectivity index (χ3v) is 4.52. The summed E-state index contributed by atoms with van der Waals surface area (Å²) in [6.07, 6.45) is 1.62. The molecule has 0 radical (unpaired) electrons. The van der Waals surface area contributed by atoms with E-state index < -0.39 is 0 Å². The molecule has 2 amide bonds. The molecule has 0 saturated carbocycles. The molecule has 1 saturated heterocycles. The number of hydrogen-bond donors (Lipinski definition) is 2. The highest BCUT2D eigenvalue weighted by Crippen LogP contribution is 2.17. The zero-order valence-electron chi connectivity index (χ0n) is 13.7. The maximum Gasteiger partial charge on any atom is 0.293 e. The van der Waals surface area contributed by atoms with Crippen molar-refractivity contribution >= 4 is 28.3 Å². The van der Waals surface area contributed by atoms with E-state index >= 15 is 0 Å². The normalized spacial score (nSPS) is 15.0. The van der Waals surface area contributed by atoms with Crippen LogP contribution in [0.4, 0.5) is 5.13 Å². The van der Waals surface area contributed by atoms with Gasteiger partial charge in [0.1, 0.15) is 0 Å². The molecule has 1 aliphatic heterocycles. The van der Waals surface area contributed by atoms with Crippen LogP contribution in [-0.4, -0.2) is 61.1 Å². The zero-order chi connectivity index (χ0) is 17.5. The van der Waals surface area contributed by atoms with E-state index in [0.29, 0.717) is 17.4 Å². The van der Waals surface area contributed by atoms with E-state index in [1.165, 1.54) is 17.6 Å². The summed E-state index contributed by atoms with van der Waals surface area (Å²) in [6, 6.07) is 3.22. The Hall–Kier alpha value is -2.23. The van der Waals surface area contributed by atoms with Crippen LogP contribution in [-0.2, 0) is 16.0 Å². The first kappa shape index (κ1) is 17.6. The number of furan rings is 1. The van der Waals surface area contributed by atoms with Crippen molar-refractivity contribution in [2.24, 2.45) is 0 Å². The van der Waals surface area contributed by atoms with Crippen molar-refractivity contribution in [3.63, 3.8) is 0 Å². The highest BCUT2D eigenvalue weighted by molar-refractivity contribution is 7.14. The van der Waals surface area contributed by atoms with Crippen molar-refractivity contribution < 1.29 is 18.7 Å². The summed E-state index contributed by atoms with van der Waals surface area (Å²) in [5, 5.41) is 7.75. The first-order chi connectivity index (χ1) is 12.2. The first-order valence-electron chi connectivity index (χ1n) is 8.07.